The average molecular weight is 276 g/mol. The molecule has 5 nitrogen and oxygen atoms in total. The first kappa shape index (κ1) is 14.5. The highest BCUT2D eigenvalue weighted by Gasteiger charge is 2.40. The fraction of sp³-hybridized carbons (Fsp3) is 0.533. The van der Waals surface area contributed by atoms with Crippen LogP contribution in [0, 0.1) is 0 Å². The van der Waals surface area contributed by atoms with E-state index in [0.29, 0.717) is 11.5 Å². The van der Waals surface area contributed by atoms with Gasteiger partial charge in [-0.2, -0.15) is 0 Å². The van der Waals surface area contributed by atoms with Gasteiger partial charge in [-0.15, -0.1) is 0 Å². The molecule has 1 aromatic heterocycles. The van der Waals surface area contributed by atoms with Crippen molar-refractivity contribution in [2.45, 2.75) is 51.0 Å². The van der Waals surface area contributed by atoms with E-state index in [1.54, 1.807) is 12.3 Å². The summed E-state index contributed by atoms with van der Waals surface area (Å²) in [5, 5.41) is 11.8. The molecule has 0 aromatic carbocycles. The Kier molecular flexibility index (Phi) is 4.06. The topological polar surface area (TPSA) is 79.3 Å². The highest BCUT2D eigenvalue weighted by molar-refractivity contribution is 5.94. The van der Waals surface area contributed by atoms with Gasteiger partial charge in [-0.25, -0.2) is 0 Å². The van der Waals surface area contributed by atoms with Crippen molar-refractivity contribution in [2.75, 3.05) is 0 Å². The fourth-order valence-corrected chi connectivity index (χ4v) is 2.43. The van der Waals surface area contributed by atoms with Crippen molar-refractivity contribution in [3.63, 3.8) is 0 Å². The van der Waals surface area contributed by atoms with Crippen LogP contribution in [0.15, 0.2) is 18.3 Å². The van der Waals surface area contributed by atoms with Crippen LogP contribution in [-0.4, -0.2) is 27.5 Å². The number of carboxylic acid groups (broad SMARTS) is 1. The average Bonchev–Trinajstić information content (AvgIpc) is 2.35. The molecule has 0 radical (unpaired) electrons. The summed E-state index contributed by atoms with van der Waals surface area (Å²) < 4.78 is 0. The molecule has 1 aliphatic carbocycles. The molecule has 20 heavy (non-hydrogen) atoms. The van der Waals surface area contributed by atoms with E-state index in [4.69, 9.17) is 5.11 Å². The van der Waals surface area contributed by atoms with E-state index in [1.165, 1.54) is 0 Å². The monoisotopic (exact) mass is 276 g/mol. The summed E-state index contributed by atoms with van der Waals surface area (Å²) in [6.45, 7) is 4.08. The number of nitrogens with zero attached hydrogens (tertiary/aromatic N) is 1. The smallest absolute Gasteiger partial charge is 0.305 e. The van der Waals surface area contributed by atoms with Crippen molar-refractivity contribution < 1.29 is 14.7 Å². The van der Waals surface area contributed by atoms with Crippen molar-refractivity contribution in [3.05, 3.63) is 29.6 Å². The lowest BCUT2D eigenvalue weighted by Gasteiger charge is -2.41. The SMILES string of the molecule is CC(C)c1ccc(C(=O)NC2(CC(=O)O)CCC2)cn1. The summed E-state index contributed by atoms with van der Waals surface area (Å²) in [5.41, 5.74) is 0.844. The van der Waals surface area contributed by atoms with Crippen LogP contribution < -0.4 is 5.32 Å². The molecule has 0 bridgehead atoms. The van der Waals surface area contributed by atoms with Crippen LogP contribution in [0.2, 0.25) is 0 Å². The predicted octanol–water partition coefficient (Wildman–Crippen LogP) is 2.33. The molecule has 1 aliphatic rings. The maximum absolute atomic E-state index is 12.2. The summed E-state index contributed by atoms with van der Waals surface area (Å²) >= 11 is 0. The molecule has 2 rings (SSSR count). The van der Waals surface area contributed by atoms with Crippen molar-refractivity contribution in [2.24, 2.45) is 0 Å². The molecule has 1 amide bonds. The van der Waals surface area contributed by atoms with Gasteiger partial charge in [0.1, 0.15) is 0 Å². The zero-order valence-electron chi connectivity index (χ0n) is 11.8. The third-order valence-corrected chi connectivity index (χ3v) is 3.82. The van der Waals surface area contributed by atoms with Crippen LogP contribution in [0.25, 0.3) is 0 Å². The van der Waals surface area contributed by atoms with Gasteiger partial charge in [0.2, 0.25) is 0 Å². The number of hydrogen-bond acceptors (Lipinski definition) is 3. The molecule has 0 atom stereocenters. The maximum Gasteiger partial charge on any atom is 0.305 e. The number of carboxylic acids is 1. The van der Waals surface area contributed by atoms with Gasteiger partial charge in [0.15, 0.2) is 0 Å². The summed E-state index contributed by atoms with van der Waals surface area (Å²) in [7, 11) is 0. The number of rotatable bonds is 5. The lowest BCUT2D eigenvalue weighted by Crippen LogP contribution is -2.54. The quantitative estimate of drug-likeness (QED) is 0.865. The lowest BCUT2D eigenvalue weighted by molar-refractivity contribution is -0.139. The largest absolute Gasteiger partial charge is 0.481 e. The van der Waals surface area contributed by atoms with E-state index in [2.05, 4.69) is 10.3 Å². The number of aliphatic carboxylic acids is 1. The first-order chi connectivity index (χ1) is 9.42. The van der Waals surface area contributed by atoms with Crippen LogP contribution in [0.4, 0.5) is 0 Å². The number of amides is 1. The van der Waals surface area contributed by atoms with Gasteiger partial charge < -0.3 is 10.4 Å². The summed E-state index contributed by atoms with van der Waals surface area (Å²) in [4.78, 5) is 27.3. The van der Waals surface area contributed by atoms with E-state index in [0.717, 1.165) is 25.0 Å². The summed E-state index contributed by atoms with van der Waals surface area (Å²) in [5.74, 6) is -0.802. The number of pyridine rings is 1. The number of hydrogen-bond donors (Lipinski definition) is 2. The van der Waals surface area contributed by atoms with Crippen LogP contribution in [0.3, 0.4) is 0 Å². The Morgan fingerprint density at radius 2 is 2.10 bits per heavy atom. The zero-order chi connectivity index (χ0) is 14.8. The Balaban J connectivity index is 2.05. The van der Waals surface area contributed by atoms with Crippen molar-refractivity contribution in [1.82, 2.24) is 10.3 Å². The molecule has 0 unspecified atom stereocenters. The molecular weight excluding hydrogens is 256 g/mol. The Bertz CT molecular complexity index is 504. The van der Waals surface area contributed by atoms with Crippen molar-refractivity contribution >= 4 is 11.9 Å². The summed E-state index contributed by atoms with van der Waals surface area (Å²) in [6, 6.07) is 3.58. The Morgan fingerprint density at radius 3 is 2.50 bits per heavy atom. The second-order valence-electron chi connectivity index (χ2n) is 5.78. The Labute approximate surface area is 118 Å². The molecule has 0 aliphatic heterocycles. The van der Waals surface area contributed by atoms with Crippen molar-refractivity contribution in [1.29, 1.82) is 0 Å². The van der Waals surface area contributed by atoms with E-state index >= 15 is 0 Å². The normalized spacial score (nSPS) is 16.6. The third-order valence-electron chi connectivity index (χ3n) is 3.82. The molecule has 0 saturated heterocycles. The molecular formula is C15H20N2O3. The van der Waals surface area contributed by atoms with Gasteiger partial charge in [0.25, 0.3) is 5.91 Å². The highest BCUT2D eigenvalue weighted by Crippen LogP contribution is 2.35. The van der Waals surface area contributed by atoms with E-state index < -0.39 is 11.5 Å². The predicted molar refractivity (Wildman–Crippen MR) is 74.6 cm³/mol. The van der Waals surface area contributed by atoms with E-state index in [-0.39, 0.29) is 12.3 Å². The standard InChI is InChI=1S/C15H20N2O3/c1-10(2)12-5-4-11(9-16-12)14(20)17-15(6-3-7-15)8-13(18)19/h4-5,9-10H,3,6-8H2,1-2H3,(H,17,20)(H,18,19). The van der Waals surface area contributed by atoms with Crippen LogP contribution in [0.5, 0.6) is 0 Å². The Hall–Kier alpha value is -1.91. The first-order valence-corrected chi connectivity index (χ1v) is 6.92. The maximum atomic E-state index is 12.2. The van der Waals surface area contributed by atoms with Gasteiger partial charge in [0, 0.05) is 11.9 Å². The minimum Gasteiger partial charge on any atom is -0.481 e. The number of aromatic nitrogens is 1. The van der Waals surface area contributed by atoms with E-state index in [1.807, 2.05) is 19.9 Å². The molecule has 5 heteroatoms. The zero-order valence-corrected chi connectivity index (χ0v) is 11.8. The lowest BCUT2D eigenvalue weighted by atomic mass is 9.74. The number of carbonyl (C=O) groups excluding carboxylic acids is 1. The minimum absolute atomic E-state index is 0.0176. The third kappa shape index (κ3) is 3.15. The molecule has 1 heterocycles. The molecule has 1 saturated carbocycles. The second-order valence-corrected chi connectivity index (χ2v) is 5.78. The minimum atomic E-state index is -0.877. The molecule has 1 aromatic rings. The van der Waals surface area contributed by atoms with Crippen LogP contribution in [-0.2, 0) is 4.79 Å². The fourth-order valence-electron chi connectivity index (χ4n) is 2.43. The van der Waals surface area contributed by atoms with Crippen molar-refractivity contribution in [3.8, 4) is 0 Å². The van der Waals surface area contributed by atoms with Gasteiger partial charge in [-0.3, -0.25) is 14.6 Å². The van der Waals surface area contributed by atoms with Gasteiger partial charge in [-0.1, -0.05) is 13.8 Å². The molecule has 2 N–H and O–H groups in total. The number of nitrogens with one attached hydrogen (secondary N) is 1. The van der Waals surface area contributed by atoms with Gasteiger partial charge in [0.05, 0.1) is 17.5 Å². The van der Waals surface area contributed by atoms with E-state index in [9.17, 15) is 9.59 Å². The second kappa shape index (κ2) is 5.61. The highest BCUT2D eigenvalue weighted by atomic mass is 16.4. The first-order valence-electron chi connectivity index (χ1n) is 6.92. The van der Waals surface area contributed by atoms with Gasteiger partial charge >= 0.3 is 5.97 Å². The molecule has 0 spiro atoms. The van der Waals surface area contributed by atoms with Gasteiger partial charge in [-0.05, 0) is 37.3 Å². The Morgan fingerprint density at radius 1 is 1.40 bits per heavy atom. The molecule has 1 fully saturated rings. The molecule has 108 valence electrons. The number of carbonyl (C=O) groups is 2. The summed E-state index contributed by atoms with van der Waals surface area (Å²) in [6.07, 6.45) is 3.94. The van der Waals surface area contributed by atoms with Crippen LogP contribution in [0.1, 0.15) is 61.5 Å². The van der Waals surface area contributed by atoms with Crippen LogP contribution >= 0.6 is 0 Å².